The largest absolute Gasteiger partial charge is 0.489 e. The number of thioether (sulfide) groups is 1. The Hall–Kier alpha value is -3.37. The average molecular weight is 549 g/mol. The van der Waals surface area contributed by atoms with Crippen LogP contribution in [0.4, 0.5) is 0 Å². The molecule has 2 aromatic carbocycles. The van der Waals surface area contributed by atoms with Crippen LogP contribution in [0.3, 0.4) is 0 Å². The molecule has 38 heavy (non-hydrogen) atoms. The number of hydrogen-bond acceptors (Lipinski definition) is 7. The second-order valence-corrected chi connectivity index (χ2v) is 12.7. The fourth-order valence-corrected chi connectivity index (χ4v) is 10.1. The van der Waals surface area contributed by atoms with Crippen molar-refractivity contribution in [1.82, 2.24) is 9.88 Å². The van der Waals surface area contributed by atoms with Gasteiger partial charge in [-0.05, 0) is 47.4 Å². The molecule has 2 aliphatic carbocycles. The highest BCUT2D eigenvalue weighted by Gasteiger charge is 2.69. The van der Waals surface area contributed by atoms with Crippen LogP contribution in [-0.4, -0.2) is 44.6 Å². The molecule has 2 aliphatic heterocycles. The number of ether oxygens (including phenoxy) is 1. The summed E-state index contributed by atoms with van der Waals surface area (Å²) < 4.78 is 5.98. The minimum Gasteiger partial charge on any atom is -0.489 e. The highest BCUT2D eigenvalue weighted by Crippen LogP contribution is 2.68. The molecule has 4 aliphatic rings. The molecule has 7 atom stereocenters. The second kappa shape index (κ2) is 8.84. The maximum Gasteiger partial charge on any atom is 0.323 e. The number of aromatic nitrogens is 1. The third-order valence-corrected chi connectivity index (χ3v) is 11.2. The molecule has 10 heteroatoms. The van der Waals surface area contributed by atoms with Crippen LogP contribution >= 0.6 is 23.1 Å². The molecule has 7 rings (SSSR count). The molecule has 2 amide bonds. The SMILES string of the molecule is O=C(O)CN1C(=O)[C@@H]2[C@H]3C[C@@H]([C@H]4Sc5[nH]c(=O)sc5[C@H](c5ccc(OCc6ccccc6)cc5)[C@@H]34)[C@H]2C1=O. The van der Waals surface area contributed by atoms with E-state index in [0.29, 0.717) is 6.61 Å². The van der Waals surface area contributed by atoms with E-state index in [0.717, 1.165) is 38.1 Å². The van der Waals surface area contributed by atoms with Crippen molar-refractivity contribution in [1.29, 1.82) is 0 Å². The number of carboxylic acid groups (broad SMARTS) is 1. The van der Waals surface area contributed by atoms with E-state index in [4.69, 9.17) is 4.74 Å². The van der Waals surface area contributed by atoms with Crippen LogP contribution in [0.2, 0.25) is 0 Å². The number of benzene rings is 2. The summed E-state index contributed by atoms with van der Waals surface area (Å²) in [7, 11) is 0. The quantitative estimate of drug-likeness (QED) is 0.453. The summed E-state index contributed by atoms with van der Waals surface area (Å²) in [5.41, 5.74) is 2.13. The molecule has 3 heterocycles. The van der Waals surface area contributed by atoms with E-state index in [1.165, 1.54) is 11.3 Å². The van der Waals surface area contributed by atoms with E-state index in [-0.39, 0.29) is 45.6 Å². The van der Waals surface area contributed by atoms with Crippen molar-refractivity contribution in [2.75, 3.05) is 6.54 Å². The predicted octanol–water partition coefficient (Wildman–Crippen LogP) is 3.57. The smallest absolute Gasteiger partial charge is 0.323 e. The summed E-state index contributed by atoms with van der Waals surface area (Å²) in [4.78, 5) is 55.0. The van der Waals surface area contributed by atoms with Crippen molar-refractivity contribution in [2.45, 2.75) is 29.2 Å². The molecule has 2 N–H and O–H groups in total. The minimum atomic E-state index is -1.18. The number of H-pyrrole nitrogens is 1. The first-order valence-corrected chi connectivity index (χ1v) is 14.3. The van der Waals surface area contributed by atoms with Gasteiger partial charge in [0.15, 0.2) is 0 Å². The van der Waals surface area contributed by atoms with E-state index < -0.39 is 24.3 Å². The van der Waals surface area contributed by atoms with Crippen molar-refractivity contribution in [3.05, 3.63) is 80.3 Å². The molecule has 0 unspecified atom stereocenters. The summed E-state index contributed by atoms with van der Waals surface area (Å²) in [6.45, 7) is -0.120. The highest BCUT2D eigenvalue weighted by atomic mass is 32.2. The van der Waals surface area contributed by atoms with Crippen molar-refractivity contribution >= 4 is 40.9 Å². The topological polar surface area (TPSA) is 117 Å². The molecule has 2 bridgehead atoms. The molecule has 1 aromatic heterocycles. The van der Waals surface area contributed by atoms with Crippen LogP contribution in [-0.2, 0) is 21.0 Å². The summed E-state index contributed by atoms with van der Waals surface area (Å²) in [5.74, 6) is -2.18. The first kappa shape index (κ1) is 23.7. The number of amides is 2. The summed E-state index contributed by atoms with van der Waals surface area (Å²) in [6, 6.07) is 17.9. The van der Waals surface area contributed by atoms with E-state index in [9.17, 15) is 24.3 Å². The number of carbonyl (C=O) groups is 3. The third kappa shape index (κ3) is 3.57. The molecule has 3 fully saturated rings. The van der Waals surface area contributed by atoms with E-state index >= 15 is 0 Å². The number of nitrogens with zero attached hydrogens (tertiary/aromatic N) is 1. The molecular weight excluding hydrogens is 524 g/mol. The number of likely N-dealkylation sites (tertiary alicyclic amines) is 1. The van der Waals surface area contributed by atoms with Gasteiger partial charge in [0.05, 0.1) is 16.9 Å². The Balaban J connectivity index is 1.21. The number of carbonyl (C=O) groups excluding carboxylic acids is 2. The molecule has 1 saturated heterocycles. The number of carboxylic acids is 1. The summed E-state index contributed by atoms with van der Waals surface area (Å²) >= 11 is 2.83. The fourth-order valence-electron chi connectivity index (χ4n) is 7.26. The number of rotatable bonds is 6. The highest BCUT2D eigenvalue weighted by molar-refractivity contribution is 8.00. The van der Waals surface area contributed by atoms with Gasteiger partial charge in [0, 0.05) is 16.0 Å². The Bertz CT molecular complexity index is 1500. The van der Waals surface area contributed by atoms with E-state index in [1.54, 1.807) is 11.8 Å². The van der Waals surface area contributed by atoms with E-state index in [2.05, 4.69) is 4.98 Å². The second-order valence-electron chi connectivity index (χ2n) is 10.5. The van der Waals surface area contributed by atoms with Gasteiger partial charge < -0.3 is 14.8 Å². The molecular formula is C28H24N2O6S2. The molecule has 0 spiro atoms. The maximum atomic E-state index is 13.3. The zero-order valence-corrected chi connectivity index (χ0v) is 21.7. The van der Waals surface area contributed by atoms with Gasteiger partial charge in [0.2, 0.25) is 11.8 Å². The lowest BCUT2D eigenvalue weighted by Crippen LogP contribution is -2.42. The van der Waals surface area contributed by atoms with Gasteiger partial charge in [0.1, 0.15) is 18.9 Å². The Morgan fingerprint density at radius 1 is 1.00 bits per heavy atom. The minimum absolute atomic E-state index is 0.0252. The monoisotopic (exact) mass is 548 g/mol. The van der Waals surface area contributed by atoms with Gasteiger partial charge in [-0.25, -0.2) is 0 Å². The zero-order chi connectivity index (χ0) is 26.1. The van der Waals surface area contributed by atoms with Crippen LogP contribution in [0, 0.1) is 29.6 Å². The average Bonchev–Trinajstić information content (AvgIpc) is 3.64. The standard InChI is InChI=1S/C28H24N2O6S2/c31-18(32)11-30-26(33)21-16-10-17(22(21)27(30)34)23-20(16)19(24-25(37-23)29-28(35)38-24)14-6-8-15(9-7-14)36-12-13-4-2-1-3-5-13/h1-9,16-17,19-23H,10-12H2,(H,29,35)(H,31,32)/t16-,17+,19+,20+,21+,22+,23+/m0/s1. The Labute approximate surface area is 226 Å². The molecule has 194 valence electrons. The Kier molecular flexibility index (Phi) is 5.52. The lowest BCUT2D eigenvalue weighted by molar-refractivity contribution is -0.149. The number of imide groups is 1. The van der Waals surface area contributed by atoms with Gasteiger partial charge >= 0.3 is 10.8 Å². The van der Waals surface area contributed by atoms with Crippen LogP contribution in [0.15, 0.2) is 64.4 Å². The molecule has 2 saturated carbocycles. The van der Waals surface area contributed by atoms with Crippen LogP contribution in [0.1, 0.15) is 28.3 Å². The van der Waals surface area contributed by atoms with E-state index in [1.807, 2.05) is 54.6 Å². The van der Waals surface area contributed by atoms with Gasteiger partial charge in [-0.1, -0.05) is 53.8 Å². The van der Waals surface area contributed by atoms with Gasteiger partial charge in [-0.15, -0.1) is 11.8 Å². The van der Waals surface area contributed by atoms with Crippen molar-refractivity contribution < 1.29 is 24.2 Å². The van der Waals surface area contributed by atoms with Crippen molar-refractivity contribution in [2.24, 2.45) is 29.6 Å². The molecule has 8 nitrogen and oxygen atoms in total. The number of nitrogens with one attached hydrogen (secondary N) is 1. The first-order chi connectivity index (χ1) is 18.4. The van der Waals surface area contributed by atoms with Gasteiger partial charge in [-0.3, -0.25) is 24.1 Å². The van der Waals surface area contributed by atoms with Crippen LogP contribution in [0.25, 0.3) is 0 Å². The lowest BCUT2D eigenvalue weighted by Gasteiger charge is -2.43. The maximum absolute atomic E-state index is 13.3. The van der Waals surface area contributed by atoms with Crippen molar-refractivity contribution in [3.63, 3.8) is 0 Å². The Morgan fingerprint density at radius 2 is 1.71 bits per heavy atom. The number of aromatic amines is 1. The normalized spacial score (nSPS) is 30.7. The molecule has 0 radical (unpaired) electrons. The lowest BCUT2D eigenvalue weighted by atomic mass is 9.68. The predicted molar refractivity (Wildman–Crippen MR) is 140 cm³/mol. The number of thiazole rings is 1. The zero-order valence-electron chi connectivity index (χ0n) is 20.1. The number of hydrogen-bond donors (Lipinski definition) is 2. The Morgan fingerprint density at radius 3 is 2.42 bits per heavy atom. The third-order valence-electron chi connectivity index (χ3n) is 8.60. The van der Waals surface area contributed by atoms with Crippen LogP contribution < -0.4 is 9.61 Å². The number of aliphatic carboxylic acids is 1. The van der Waals surface area contributed by atoms with Crippen LogP contribution in [0.5, 0.6) is 5.75 Å². The fraction of sp³-hybridized carbons (Fsp3) is 0.357. The van der Waals surface area contributed by atoms with Gasteiger partial charge in [-0.2, -0.15) is 0 Å². The van der Waals surface area contributed by atoms with Crippen molar-refractivity contribution in [3.8, 4) is 5.75 Å². The summed E-state index contributed by atoms with van der Waals surface area (Å²) in [5, 5.41) is 10.2. The van der Waals surface area contributed by atoms with Gasteiger partial charge in [0.25, 0.3) is 0 Å². The number of fused-ring (bicyclic) bond motifs is 9. The summed E-state index contributed by atoms with van der Waals surface area (Å²) in [6.07, 6.45) is 0.768. The first-order valence-electron chi connectivity index (χ1n) is 12.6. The molecule has 3 aromatic rings.